The molecule has 1 aliphatic carbocycles. The standard InChI is InChI=1S/C13H22N2S/c1-15(8-6-11-7-9-16-10-11)13-4-2-12(14)3-5-13/h7,9-10,12-13H,2-6,8,14H2,1H3. The van der Waals surface area contributed by atoms with Crippen molar-refractivity contribution in [2.24, 2.45) is 5.73 Å². The minimum atomic E-state index is 0.460. The summed E-state index contributed by atoms with van der Waals surface area (Å²) in [5.74, 6) is 0. The Hall–Kier alpha value is -0.380. The first-order chi connectivity index (χ1) is 7.75. The fraction of sp³-hybridized carbons (Fsp3) is 0.692. The first-order valence-electron chi connectivity index (χ1n) is 6.22. The highest BCUT2D eigenvalue weighted by atomic mass is 32.1. The summed E-state index contributed by atoms with van der Waals surface area (Å²) >= 11 is 1.79. The van der Waals surface area contributed by atoms with Crippen LogP contribution in [0.3, 0.4) is 0 Å². The predicted molar refractivity (Wildman–Crippen MR) is 70.9 cm³/mol. The monoisotopic (exact) mass is 238 g/mol. The smallest absolute Gasteiger partial charge is 0.00934 e. The molecule has 0 amide bonds. The molecule has 0 radical (unpaired) electrons. The van der Waals surface area contributed by atoms with Crippen LogP contribution in [0.5, 0.6) is 0 Å². The van der Waals surface area contributed by atoms with Crippen molar-refractivity contribution < 1.29 is 0 Å². The highest BCUT2D eigenvalue weighted by molar-refractivity contribution is 7.07. The average Bonchev–Trinajstić information content (AvgIpc) is 2.80. The summed E-state index contributed by atoms with van der Waals surface area (Å²) in [6, 6.07) is 3.45. The molecule has 3 heteroatoms. The number of rotatable bonds is 4. The zero-order valence-corrected chi connectivity index (χ0v) is 10.9. The van der Waals surface area contributed by atoms with Crippen LogP contribution in [0, 0.1) is 0 Å². The Morgan fingerprint density at radius 2 is 2.12 bits per heavy atom. The number of nitrogens with two attached hydrogens (primary N) is 1. The molecule has 0 atom stereocenters. The predicted octanol–water partition coefficient (Wildman–Crippen LogP) is 2.49. The maximum absolute atomic E-state index is 5.93. The van der Waals surface area contributed by atoms with Gasteiger partial charge in [0.15, 0.2) is 0 Å². The van der Waals surface area contributed by atoms with E-state index in [2.05, 4.69) is 28.8 Å². The van der Waals surface area contributed by atoms with Crippen LogP contribution < -0.4 is 5.73 Å². The van der Waals surface area contributed by atoms with Gasteiger partial charge in [0.2, 0.25) is 0 Å². The fourth-order valence-electron chi connectivity index (χ4n) is 2.47. The van der Waals surface area contributed by atoms with Crippen molar-refractivity contribution >= 4 is 11.3 Å². The minimum Gasteiger partial charge on any atom is -0.328 e. The van der Waals surface area contributed by atoms with E-state index in [0.29, 0.717) is 6.04 Å². The SMILES string of the molecule is CN(CCc1ccsc1)C1CCC(N)CC1. The van der Waals surface area contributed by atoms with Crippen molar-refractivity contribution in [1.29, 1.82) is 0 Å². The number of hydrogen-bond donors (Lipinski definition) is 1. The van der Waals surface area contributed by atoms with Gasteiger partial charge in [-0.3, -0.25) is 0 Å². The quantitative estimate of drug-likeness (QED) is 0.873. The topological polar surface area (TPSA) is 29.3 Å². The molecule has 90 valence electrons. The lowest BCUT2D eigenvalue weighted by molar-refractivity contribution is 0.185. The van der Waals surface area contributed by atoms with Gasteiger partial charge in [-0.2, -0.15) is 11.3 Å². The second-order valence-corrected chi connectivity index (χ2v) is 5.71. The third kappa shape index (κ3) is 3.30. The van der Waals surface area contributed by atoms with Gasteiger partial charge in [-0.25, -0.2) is 0 Å². The molecule has 1 fully saturated rings. The molecule has 0 bridgehead atoms. The van der Waals surface area contributed by atoms with E-state index in [9.17, 15) is 0 Å². The summed E-state index contributed by atoms with van der Waals surface area (Å²) in [4.78, 5) is 2.52. The Morgan fingerprint density at radius 3 is 2.75 bits per heavy atom. The van der Waals surface area contributed by atoms with Crippen molar-refractivity contribution in [2.75, 3.05) is 13.6 Å². The highest BCUT2D eigenvalue weighted by Gasteiger charge is 2.21. The zero-order chi connectivity index (χ0) is 11.4. The first-order valence-corrected chi connectivity index (χ1v) is 7.17. The van der Waals surface area contributed by atoms with Crippen LogP contribution in [0.4, 0.5) is 0 Å². The van der Waals surface area contributed by atoms with Gasteiger partial charge in [-0.15, -0.1) is 0 Å². The molecule has 2 nitrogen and oxygen atoms in total. The largest absolute Gasteiger partial charge is 0.328 e. The summed E-state index contributed by atoms with van der Waals surface area (Å²) < 4.78 is 0. The summed E-state index contributed by atoms with van der Waals surface area (Å²) in [7, 11) is 2.26. The van der Waals surface area contributed by atoms with Gasteiger partial charge in [-0.1, -0.05) is 0 Å². The molecule has 0 saturated heterocycles. The lowest BCUT2D eigenvalue weighted by Gasteiger charge is -2.33. The maximum atomic E-state index is 5.93. The van der Waals surface area contributed by atoms with Crippen LogP contribution in [0.15, 0.2) is 16.8 Å². The molecule has 0 aromatic carbocycles. The maximum Gasteiger partial charge on any atom is 0.00934 e. The lowest BCUT2D eigenvalue weighted by Crippen LogP contribution is -2.39. The van der Waals surface area contributed by atoms with Gasteiger partial charge < -0.3 is 10.6 Å². The molecule has 0 unspecified atom stereocenters. The van der Waals surface area contributed by atoms with Crippen molar-refractivity contribution in [2.45, 2.75) is 44.2 Å². The van der Waals surface area contributed by atoms with Crippen LogP contribution in [-0.4, -0.2) is 30.6 Å². The number of likely N-dealkylation sites (N-methyl/N-ethyl adjacent to an activating group) is 1. The lowest BCUT2D eigenvalue weighted by atomic mass is 9.91. The van der Waals surface area contributed by atoms with E-state index >= 15 is 0 Å². The molecule has 0 aliphatic heterocycles. The van der Waals surface area contributed by atoms with Crippen molar-refractivity contribution in [3.63, 3.8) is 0 Å². The second-order valence-electron chi connectivity index (χ2n) is 4.93. The fourth-order valence-corrected chi connectivity index (χ4v) is 3.17. The molecule has 1 aliphatic rings. The summed E-state index contributed by atoms with van der Waals surface area (Å²) in [6.07, 6.45) is 6.14. The normalized spacial score (nSPS) is 26.2. The second kappa shape index (κ2) is 5.80. The third-order valence-electron chi connectivity index (χ3n) is 3.70. The Labute approximate surface area is 102 Å². The van der Waals surface area contributed by atoms with E-state index in [1.807, 2.05) is 0 Å². The van der Waals surface area contributed by atoms with Crippen LogP contribution >= 0.6 is 11.3 Å². The molecule has 0 spiro atoms. The Bertz CT molecular complexity index is 289. The van der Waals surface area contributed by atoms with Gasteiger partial charge in [0.05, 0.1) is 0 Å². The van der Waals surface area contributed by atoms with Gasteiger partial charge in [0.25, 0.3) is 0 Å². The molecular formula is C13H22N2S. The van der Waals surface area contributed by atoms with Crippen LogP contribution in [0.2, 0.25) is 0 Å². The van der Waals surface area contributed by atoms with Gasteiger partial charge in [0.1, 0.15) is 0 Å². The molecule has 2 rings (SSSR count). The molecule has 1 saturated carbocycles. The van der Waals surface area contributed by atoms with E-state index in [-0.39, 0.29) is 0 Å². The van der Waals surface area contributed by atoms with Crippen molar-refractivity contribution in [3.05, 3.63) is 22.4 Å². The van der Waals surface area contributed by atoms with E-state index in [1.165, 1.54) is 44.2 Å². The van der Waals surface area contributed by atoms with E-state index < -0.39 is 0 Å². The summed E-state index contributed by atoms with van der Waals surface area (Å²) in [5, 5.41) is 4.42. The molecule has 1 aromatic rings. The summed E-state index contributed by atoms with van der Waals surface area (Å²) in [6.45, 7) is 1.18. The van der Waals surface area contributed by atoms with Crippen LogP contribution in [-0.2, 0) is 6.42 Å². The average molecular weight is 238 g/mol. The Kier molecular flexibility index (Phi) is 4.38. The summed E-state index contributed by atoms with van der Waals surface area (Å²) in [5.41, 5.74) is 7.41. The third-order valence-corrected chi connectivity index (χ3v) is 4.43. The van der Waals surface area contributed by atoms with E-state index in [1.54, 1.807) is 11.3 Å². The molecule has 1 aromatic heterocycles. The Morgan fingerprint density at radius 1 is 1.38 bits per heavy atom. The number of hydrogen-bond acceptors (Lipinski definition) is 3. The molecule has 2 N–H and O–H groups in total. The van der Waals surface area contributed by atoms with Crippen molar-refractivity contribution in [3.8, 4) is 0 Å². The van der Waals surface area contributed by atoms with Gasteiger partial charge >= 0.3 is 0 Å². The van der Waals surface area contributed by atoms with Gasteiger partial charge in [-0.05, 0) is 61.5 Å². The van der Waals surface area contributed by atoms with Gasteiger partial charge in [0, 0.05) is 18.6 Å². The van der Waals surface area contributed by atoms with E-state index in [0.717, 1.165) is 6.04 Å². The minimum absolute atomic E-state index is 0.460. The molecular weight excluding hydrogens is 216 g/mol. The number of thiophene rings is 1. The van der Waals surface area contributed by atoms with Crippen LogP contribution in [0.1, 0.15) is 31.2 Å². The number of nitrogens with zero attached hydrogens (tertiary/aromatic N) is 1. The van der Waals surface area contributed by atoms with Crippen LogP contribution in [0.25, 0.3) is 0 Å². The highest BCUT2D eigenvalue weighted by Crippen LogP contribution is 2.21. The zero-order valence-electron chi connectivity index (χ0n) is 10.1. The Balaban J connectivity index is 1.73. The van der Waals surface area contributed by atoms with E-state index in [4.69, 9.17) is 5.73 Å². The first kappa shape index (κ1) is 12.1. The molecule has 16 heavy (non-hydrogen) atoms. The van der Waals surface area contributed by atoms with Crippen molar-refractivity contribution in [1.82, 2.24) is 4.90 Å². The molecule has 1 heterocycles.